The van der Waals surface area contributed by atoms with Gasteiger partial charge in [0.05, 0.1) is 5.69 Å². The van der Waals surface area contributed by atoms with Crippen LogP contribution >= 0.6 is 11.6 Å². The molecule has 0 radical (unpaired) electrons. The zero-order valence-corrected chi connectivity index (χ0v) is 13.5. The number of nitrogens with one attached hydrogen (secondary N) is 1. The van der Waals surface area contributed by atoms with Crippen molar-refractivity contribution >= 4 is 28.7 Å². The van der Waals surface area contributed by atoms with E-state index in [-0.39, 0.29) is 0 Å². The molecule has 0 fully saturated rings. The predicted octanol–water partition coefficient (Wildman–Crippen LogP) is 5.77. The van der Waals surface area contributed by atoms with E-state index in [0.717, 1.165) is 34.1 Å². The molecule has 23 heavy (non-hydrogen) atoms. The summed E-state index contributed by atoms with van der Waals surface area (Å²) in [7, 11) is 0. The van der Waals surface area contributed by atoms with Crippen molar-refractivity contribution in [3.8, 4) is 11.5 Å². The zero-order chi connectivity index (χ0) is 16.2. The zero-order valence-electron chi connectivity index (χ0n) is 12.7. The second-order valence-electron chi connectivity index (χ2n) is 5.20. The molecule has 0 heterocycles. The maximum Gasteiger partial charge on any atom is 0.150 e. The fourth-order valence-corrected chi connectivity index (χ4v) is 2.35. The summed E-state index contributed by atoms with van der Waals surface area (Å²) < 4.78 is 5.95. The molecule has 0 bridgehead atoms. The highest BCUT2D eigenvalue weighted by atomic mass is 35.5. The molecule has 116 valence electrons. The average molecular weight is 325 g/mol. The quantitative estimate of drug-likeness (QED) is 0.599. The maximum atomic E-state index is 5.97. The predicted molar refractivity (Wildman–Crippen MR) is 96.8 cm³/mol. The Morgan fingerprint density at radius 3 is 2.35 bits per heavy atom. The molecule has 3 rings (SSSR count). The first-order valence-electron chi connectivity index (χ1n) is 7.28. The smallest absolute Gasteiger partial charge is 0.150 e. The lowest BCUT2D eigenvalue weighted by Crippen LogP contribution is -1.98. The number of anilines is 3. The molecular formula is C19H17ClN2O. The number of nitrogens with two attached hydrogens (primary N) is 1. The van der Waals surface area contributed by atoms with E-state index in [1.807, 2.05) is 61.5 Å². The van der Waals surface area contributed by atoms with Gasteiger partial charge in [-0.25, -0.2) is 0 Å². The molecule has 0 aliphatic rings. The minimum absolute atomic E-state index is 0.680. The van der Waals surface area contributed by atoms with Gasteiger partial charge in [-0.2, -0.15) is 0 Å². The normalized spacial score (nSPS) is 10.3. The summed E-state index contributed by atoms with van der Waals surface area (Å²) >= 11 is 5.91. The second-order valence-corrected chi connectivity index (χ2v) is 5.63. The number of hydrogen-bond acceptors (Lipinski definition) is 3. The standard InChI is InChI=1S/C19H17ClN2O/c1-13-16(21)5-4-7-17(13)22-18-6-2-3-8-19(18)23-15-11-9-14(20)10-12-15/h2-12,22H,21H2,1H3. The molecule has 0 aromatic heterocycles. The van der Waals surface area contributed by atoms with E-state index in [0.29, 0.717) is 5.02 Å². The molecule has 3 aromatic rings. The van der Waals surface area contributed by atoms with Crippen molar-refractivity contribution in [2.24, 2.45) is 0 Å². The lowest BCUT2D eigenvalue weighted by atomic mass is 10.1. The van der Waals surface area contributed by atoms with Crippen molar-refractivity contribution in [3.63, 3.8) is 0 Å². The van der Waals surface area contributed by atoms with Crippen molar-refractivity contribution in [2.45, 2.75) is 6.92 Å². The van der Waals surface area contributed by atoms with Gasteiger partial charge in [0.25, 0.3) is 0 Å². The summed E-state index contributed by atoms with van der Waals surface area (Å²) in [6.45, 7) is 1.99. The maximum absolute atomic E-state index is 5.97. The summed E-state index contributed by atoms with van der Waals surface area (Å²) in [5.74, 6) is 1.46. The van der Waals surface area contributed by atoms with Crippen molar-refractivity contribution in [2.75, 3.05) is 11.1 Å². The SMILES string of the molecule is Cc1c(N)cccc1Nc1ccccc1Oc1ccc(Cl)cc1. The van der Waals surface area contributed by atoms with Crippen LogP contribution in [0.1, 0.15) is 5.56 Å². The Morgan fingerprint density at radius 1 is 0.870 bits per heavy atom. The Kier molecular flexibility index (Phi) is 4.40. The lowest BCUT2D eigenvalue weighted by molar-refractivity contribution is 0.485. The molecule has 0 saturated carbocycles. The van der Waals surface area contributed by atoms with Crippen LogP contribution < -0.4 is 15.8 Å². The molecule has 0 unspecified atom stereocenters. The third-order valence-electron chi connectivity index (χ3n) is 3.57. The first-order valence-corrected chi connectivity index (χ1v) is 7.66. The van der Waals surface area contributed by atoms with E-state index in [9.17, 15) is 0 Å². The Morgan fingerprint density at radius 2 is 1.57 bits per heavy atom. The van der Waals surface area contributed by atoms with Crippen LogP contribution in [-0.4, -0.2) is 0 Å². The number of para-hydroxylation sites is 2. The van der Waals surface area contributed by atoms with Gasteiger partial charge < -0.3 is 15.8 Å². The van der Waals surface area contributed by atoms with Crippen LogP contribution in [-0.2, 0) is 0 Å². The van der Waals surface area contributed by atoms with Gasteiger partial charge in [0.2, 0.25) is 0 Å². The molecule has 0 aliphatic heterocycles. The minimum atomic E-state index is 0.680. The summed E-state index contributed by atoms with van der Waals surface area (Å²) in [5, 5.41) is 4.06. The second kappa shape index (κ2) is 6.63. The monoisotopic (exact) mass is 324 g/mol. The molecule has 0 saturated heterocycles. The van der Waals surface area contributed by atoms with Gasteiger partial charge in [0.1, 0.15) is 5.75 Å². The Hall–Kier alpha value is -2.65. The average Bonchev–Trinajstić information content (AvgIpc) is 2.56. The number of benzene rings is 3. The number of ether oxygens (including phenoxy) is 1. The number of nitrogen functional groups attached to an aromatic ring is 1. The Balaban J connectivity index is 1.88. The van der Waals surface area contributed by atoms with E-state index in [1.165, 1.54) is 0 Å². The lowest BCUT2D eigenvalue weighted by Gasteiger charge is -2.15. The largest absolute Gasteiger partial charge is 0.455 e. The van der Waals surface area contributed by atoms with E-state index < -0.39 is 0 Å². The van der Waals surface area contributed by atoms with Crippen LogP contribution in [0.3, 0.4) is 0 Å². The molecule has 0 aliphatic carbocycles. The summed E-state index contributed by atoms with van der Waals surface area (Å²) in [6.07, 6.45) is 0. The van der Waals surface area contributed by atoms with Crippen molar-refractivity contribution in [1.82, 2.24) is 0 Å². The molecule has 0 amide bonds. The Bertz CT molecular complexity index is 816. The molecular weight excluding hydrogens is 308 g/mol. The first kappa shape index (κ1) is 15.3. The minimum Gasteiger partial charge on any atom is -0.455 e. The van der Waals surface area contributed by atoms with E-state index in [4.69, 9.17) is 22.1 Å². The Labute approximate surface area is 140 Å². The summed E-state index contributed by atoms with van der Waals surface area (Å²) in [4.78, 5) is 0. The number of hydrogen-bond donors (Lipinski definition) is 2. The van der Waals surface area contributed by atoms with Crippen molar-refractivity contribution in [1.29, 1.82) is 0 Å². The highest BCUT2D eigenvalue weighted by Crippen LogP contribution is 2.33. The first-order chi connectivity index (χ1) is 11.1. The van der Waals surface area contributed by atoms with Gasteiger partial charge in [-0.1, -0.05) is 29.8 Å². The van der Waals surface area contributed by atoms with Gasteiger partial charge >= 0.3 is 0 Å². The fraction of sp³-hybridized carbons (Fsp3) is 0.0526. The van der Waals surface area contributed by atoms with E-state index >= 15 is 0 Å². The van der Waals surface area contributed by atoms with Crippen LogP contribution in [0.5, 0.6) is 11.5 Å². The summed E-state index contributed by atoms with van der Waals surface area (Å²) in [6, 6.07) is 20.8. The fourth-order valence-electron chi connectivity index (χ4n) is 2.22. The van der Waals surface area contributed by atoms with Gasteiger partial charge in [0.15, 0.2) is 5.75 Å². The molecule has 3 N–H and O–H groups in total. The van der Waals surface area contributed by atoms with Gasteiger partial charge in [-0.05, 0) is 61.0 Å². The third kappa shape index (κ3) is 3.58. The van der Waals surface area contributed by atoms with Crippen LogP contribution in [0.2, 0.25) is 5.02 Å². The number of halogens is 1. The van der Waals surface area contributed by atoms with Crippen LogP contribution in [0.15, 0.2) is 66.7 Å². The van der Waals surface area contributed by atoms with Gasteiger partial charge in [-0.15, -0.1) is 0 Å². The summed E-state index contributed by atoms with van der Waals surface area (Å²) in [5.41, 5.74) is 9.56. The number of rotatable bonds is 4. The molecule has 3 nitrogen and oxygen atoms in total. The van der Waals surface area contributed by atoms with E-state index in [2.05, 4.69) is 5.32 Å². The van der Waals surface area contributed by atoms with Crippen LogP contribution in [0.25, 0.3) is 0 Å². The molecule has 4 heteroatoms. The van der Waals surface area contributed by atoms with Gasteiger partial charge in [0, 0.05) is 16.4 Å². The molecule has 0 spiro atoms. The van der Waals surface area contributed by atoms with Gasteiger partial charge in [-0.3, -0.25) is 0 Å². The van der Waals surface area contributed by atoms with Crippen molar-refractivity contribution in [3.05, 3.63) is 77.3 Å². The highest BCUT2D eigenvalue weighted by Gasteiger charge is 2.07. The molecule has 0 atom stereocenters. The topological polar surface area (TPSA) is 47.3 Å². The van der Waals surface area contributed by atoms with Crippen LogP contribution in [0.4, 0.5) is 17.1 Å². The van der Waals surface area contributed by atoms with Crippen LogP contribution in [0, 0.1) is 6.92 Å². The third-order valence-corrected chi connectivity index (χ3v) is 3.83. The highest BCUT2D eigenvalue weighted by molar-refractivity contribution is 6.30. The van der Waals surface area contributed by atoms with Crippen molar-refractivity contribution < 1.29 is 4.74 Å². The van der Waals surface area contributed by atoms with E-state index in [1.54, 1.807) is 12.1 Å². The molecule has 3 aromatic carbocycles.